The molecule has 7 heteroatoms. The van der Waals surface area contributed by atoms with Gasteiger partial charge in [-0.25, -0.2) is 4.98 Å². The first kappa shape index (κ1) is 19.1. The van der Waals surface area contributed by atoms with Crippen LogP contribution in [0.1, 0.15) is 34.2 Å². The van der Waals surface area contributed by atoms with Gasteiger partial charge < -0.3 is 15.5 Å². The fourth-order valence-corrected chi connectivity index (χ4v) is 3.96. The average molecular weight is 367 g/mol. The summed E-state index contributed by atoms with van der Waals surface area (Å²) >= 11 is 3.20. The van der Waals surface area contributed by atoms with Crippen LogP contribution in [0.25, 0.3) is 0 Å². The van der Waals surface area contributed by atoms with Crippen LogP contribution in [0.2, 0.25) is 0 Å². The molecule has 2 aromatic heterocycles. The molecular formula is C17H26N4OS2. The van der Waals surface area contributed by atoms with E-state index in [0.29, 0.717) is 25.3 Å². The number of hydrogen-bond acceptors (Lipinski definition) is 6. The number of amides is 1. The highest BCUT2D eigenvalue weighted by molar-refractivity contribution is 7.10. The Balaban J connectivity index is 2.08. The summed E-state index contributed by atoms with van der Waals surface area (Å²) < 4.78 is 0. The van der Waals surface area contributed by atoms with E-state index < -0.39 is 0 Å². The van der Waals surface area contributed by atoms with Crippen molar-refractivity contribution in [2.24, 2.45) is 5.73 Å². The number of hydrogen-bond donors (Lipinski definition) is 1. The number of thiophene rings is 1. The van der Waals surface area contributed by atoms with Crippen LogP contribution >= 0.6 is 22.7 Å². The highest BCUT2D eigenvalue weighted by Crippen LogP contribution is 2.16. The van der Waals surface area contributed by atoms with Crippen molar-refractivity contribution in [2.75, 3.05) is 32.7 Å². The summed E-state index contributed by atoms with van der Waals surface area (Å²) in [5, 5.41) is 4.83. The van der Waals surface area contributed by atoms with E-state index in [1.54, 1.807) is 11.3 Å². The van der Waals surface area contributed by atoms with Gasteiger partial charge in [-0.05, 0) is 31.1 Å². The molecule has 2 aromatic rings. The first-order valence-corrected chi connectivity index (χ1v) is 10.1. The molecule has 0 aliphatic rings. The van der Waals surface area contributed by atoms with Crippen molar-refractivity contribution in [2.45, 2.75) is 26.8 Å². The lowest BCUT2D eigenvalue weighted by Crippen LogP contribution is -2.38. The SMILES string of the molecule is CCN(CC)CCN(Cc1cccs1)C(=O)c1csc(CCN)n1. The lowest BCUT2D eigenvalue weighted by atomic mass is 10.3. The second-order valence-corrected chi connectivity index (χ2v) is 7.47. The summed E-state index contributed by atoms with van der Waals surface area (Å²) in [4.78, 5) is 22.8. The minimum Gasteiger partial charge on any atom is -0.331 e. The zero-order valence-corrected chi connectivity index (χ0v) is 16.0. The summed E-state index contributed by atoms with van der Waals surface area (Å²) in [5.41, 5.74) is 6.12. The molecule has 0 fully saturated rings. The van der Waals surface area contributed by atoms with Gasteiger partial charge >= 0.3 is 0 Å². The average Bonchev–Trinajstić information content (AvgIpc) is 3.26. The van der Waals surface area contributed by atoms with E-state index in [1.165, 1.54) is 16.2 Å². The summed E-state index contributed by atoms with van der Waals surface area (Å²) in [6.07, 6.45) is 0.725. The molecule has 1 amide bonds. The van der Waals surface area contributed by atoms with Gasteiger partial charge in [0.2, 0.25) is 0 Å². The minimum atomic E-state index is 0.00933. The Morgan fingerprint density at radius 1 is 1.25 bits per heavy atom. The van der Waals surface area contributed by atoms with Crippen molar-refractivity contribution < 1.29 is 4.79 Å². The molecule has 0 aliphatic heterocycles. The fraction of sp³-hybridized carbons (Fsp3) is 0.529. The van der Waals surface area contributed by atoms with Crippen LogP contribution in [-0.4, -0.2) is 53.4 Å². The third-order valence-corrected chi connectivity index (χ3v) is 5.69. The van der Waals surface area contributed by atoms with Crippen molar-refractivity contribution in [3.63, 3.8) is 0 Å². The Kier molecular flexibility index (Phi) is 7.84. The second-order valence-electron chi connectivity index (χ2n) is 5.50. The number of likely N-dealkylation sites (N-methyl/N-ethyl adjacent to an activating group) is 1. The maximum Gasteiger partial charge on any atom is 0.273 e. The highest BCUT2D eigenvalue weighted by Gasteiger charge is 2.20. The number of nitrogens with two attached hydrogens (primary N) is 1. The zero-order valence-electron chi connectivity index (χ0n) is 14.4. The van der Waals surface area contributed by atoms with Gasteiger partial charge in [0.1, 0.15) is 5.69 Å². The van der Waals surface area contributed by atoms with Gasteiger partial charge in [0, 0.05) is 29.8 Å². The fourth-order valence-electron chi connectivity index (χ4n) is 2.45. The number of nitrogens with zero attached hydrogens (tertiary/aromatic N) is 3. The number of aromatic nitrogens is 1. The Labute approximate surface area is 152 Å². The second kappa shape index (κ2) is 9.88. The van der Waals surface area contributed by atoms with E-state index in [-0.39, 0.29) is 5.91 Å². The van der Waals surface area contributed by atoms with Gasteiger partial charge in [-0.3, -0.25) is 4.79 Å². The van der Waals surface area contributed by atoms with Crippen molar-refractivity contribution >= 4 is 28.6 Å². The Hall–Kier alpha value is -1.28. The first-order chi connectivity index (χ1) is 11.7. The molecule has 0 radical (unpaired) electrons. The molecule has 0 atom stereocenters. The van der Waals surface area contributed by atoms with Gasteiger partial charge in [0.15, 0.2) is 0 Å². The monoisotopic (exact) mass is 366 g/mol. The summed E-state index contributed by atoms with van der Waals surface area (Å²) in [6, 6.07) is 4.10. The van der Waals surface area contributed by atoms with E-state index in [2.05, 4.69) is 29.8 Å². The molecular weight excluding hydrogens is 340 g/mol. The maximum atomic E-state index is 12.9. The van der Waals surface area contributed by atoms with Gasteiger partial charge in [-0.2, -0.15) is 0 Å². The summed E-state index contributed by atoms with van der Waals surface area (Å²) in [7, 11) is 0. The summed E-state index contributed by atoms with van der Waals surface area (Å²) in [6.45, 7) is 9.07. The quantitative estimate of drug-likeness (QED) is 0.702. The van der Waals surface area contributed by atoms with Crippen molar-refractivity contribution in [3.05, 3.63) is 38.5 Å². The molecule has 0 spiro atoms. The molecule has 2 N–H and O–H groups in total. The van der Waals surface area contributed by atoms with Crippen LogP contribution in [0.15, 0.2) is 22.9 Å². The lowest BCUT2D eigenvalue weighted by molar-refractivity contribution is 0.0720. The number of carbonyl (C=O) groups is 1. The van der Waals surface area contributed by atoms with Crippen LogP contribution in [0, 0.1) is 0 Å². The normalized spacial score (nSPS) is 11.2. The molecule has 0 saturated heterocycles. The molecule has 0 aliphatic carbocycles. The third kappa shape index (κ3) is 5.37. The topological polar surface area (TPSA) is 62.5 Å². The van der Waals surface area contributed by atoms with Crippen LogP contribution in [-0.2, 0) is 13.0 Å². The smallest absolute Gasteiger partial charge is 0.273 e. The zero-order chi connectivity index (χ0) is 17.4. The lowest BCUT2D eigenvalue weighted by Gasteiger charge is -2.25. The van der Waals surface area contributed by atoms with Crippen LogP contribution < -0.4 is 5.73 Å². The molecule has 0 unspecified atom stereocenters. The van der Waals surface area contributed by atoms with Gasteiger partial charge in [-0.1, -0.05) is 19.9 Å². The molecule has 0 saturated carbocycles. The van der Waals surface area contributed by atoms with E-state index in [1.807, 2.05) is 21.7 Å². The van der Waals surface area contributed by atoms with Crippen molar-refractivity contribution in [3.8, 4) is 0 Å². The number of thiazole rings is 1. The van der Waals surface area contributed by atoms with Crippen molar-refractivity contribution in [1.82, 2.24) is 14.8 Å². The molecule has 0 bridgehead atoms. The van der Waals surface area contributed by atoms with Gasteiger partial charge in [0.25, 0.3) is 5.91 Å². The predicted molar refractivity (Wildman–Crippen MR) is 102 cm³/mol. The molecule has 0 aromatic carbocycles. The van der Waals surface area contributed by atoms with E-state index >= 15 is 0 Å². The third-order valence-electron chi connectivity index (χ3n) is 3.92. The number of carbonyl (C=O) groups excluding carboxylic acids is 1. The molecule has 24 heavy (non-hydrogen) atoms. The van der Waals surface area contributed by atoms with Crippen LogP contribution in [0.5, 0.6) is 0 Å². The Morgan fingerprint density at radius 2 is 2.04 bits per heavy atom. The highest BCUT2D eigenvalue weighted by atomic mass is 32.1. The minimum absolute atomic E-state index is 0.00933. The van der Waals surface area contributed by atoms with E-state index in [4.69, 9.17) is 5.73 Å². The molecule has 2 rings (SSSR count). The molecule has 2 heterocycles. The summed E-state index contributed by atoms with van der Waals surface area (Å²) in [5.74, 6) is 0.00933. The largest absolute Gasteiger partial charge is 0.331 e. The van der Waals surface area contributed by atoms with Crippen LogP contribution in [0.4, 0.5) is 0 Å². The number of rotatable bonds is 10. The Morgan fingerprint density at radius 3 is 2.67 bits per heavy atom. The molecule has 132 valence electrons. The molecule has 5 nitrogen and oxygen atoms in total. The van der Waals surface area contributed by atoms with Crippen molar-refractivity contribution in [1.29, 1.82) is 0 Å². The van der Waals surface area contributed by atoms with Crippen LogP contribution in [0.3, 0.4) is 0 Å². The Bertz CT molecular complexity index is 608. The maximum absolute atomic E-state index is 12.9. The standard InChI is InChI=1S/C17H26N4OS2/c1-3-20(4-2)9-10-21(12-14-6-5-11-23-14)17(22)15-13-24-16(19-15)7-8-18/h5-6,11,13H,3-4,7-10,12,18H2,1-2H3. The van der Waals surface area contributed by atoms with E-state index in [9.17, 15) is 4.79 Å². The van der Waals surface area contributed by atoms with E-state index in [0.717, 1.165) is 31.1 Å². The first-order valence-electron chi connectivity index (χ1n) is 8.36. The predicted octanol–water partition coefficient (Wildman–Crippen LogP) is 2.69. The van der Waals surface area contributed by atoms with Gasteiger partial charge in [0.05, 0.1) is 11.6 Å². The van der Waals surface area contributed by atoms with Gasteiger partial charge in [-0.15, -0.1) is 22.7 Å².